The zero-order chi connectivity index (χ0) is 11.3. The fourth-order valence-electron chi connectivity index (χ4n) is 1.66. The van der Waals surface area contributed by atoms with E-state index >= 15 is 0 Å². The van der Waals surface area contributed by atoms with Gasteiger partial charge in [0.1, 0.15) is 6.29 Å². The molecule has 0 saturated carbocycles. The molecule has 0 N–H and O–H groups in total. The van der Waals surface area contributed by atoms with Crippen molar-refractivity contribution in [2.45, 2.75) is 40.0 Å². The molecule has 0 amide bonds. The molecule has 1 nitrogen and oxygen atoms in total. The Kier molecular flexibility index (Phi) is 4.07. The van der Waals surface area contributed by atoms with Crippen LogP contribution < -0.4 is 0 Å². The first-order valence-electron chi connectivity index (χ1n) is 5.53. The van der Waals surface area contributed by atoms with E-state index in [2.05, 4.69) is 45.0 Å². The second-order valence-electron chi connectivity index (χ2n) is 5.26. The number of hydrogen-bond donors (Lipinski definition) is 0. The number of aldehydes is 1. The number of carbonyl (C=O) groups excluding carboxylic acids is 1. The van der Waals surface area contributed by atoms with Crippen molar-refractivity contribution in [3.63, 3.8) is 0 Å². The van der Waals surface area contributed by atoms with E-state index in [1.807, 2.05) is 0 Å². The molecule has 0 radical (unpaired) electrons. The third-order valence-electron chi connectivity index (χ3n) is 2.31. The summed E-state index contributed by atoms with van der Waals surface area (Å²) in [6, 6.07) is 8.60. The molecule has 0 unspecified atom stereocenters. The summed E-state index contributed by atoms with van der Waals surface area (Å²) in [6.07, 6.45) is 3.56. The molecule has 1 rings (SSSR count). The standard InChI is InChI=1S/C14H20O/c1-14(2,3)11-13-8-6-12(7-9-13)5-4-10-15/h6-10H,4-5,11H2,1-3H3. The zero-order valence-electron chi connectivity index (χ0n) is 9.92. The molecule has 0 aliphatic heterocycles. The van der Waals surface area contributed by atoms with E-state index in [0.29, 0.717) is 11.8 Å². The maximum absolute atomic E-state index is 10.2. The predicted octanol–water partition coefficient (Wildman–Crippen LogP) is 3.41. The molecular weight excluding hydrogens is 184 g/mol. The van der Waals surface area contributed by atoms with Crippen LogP contribution in [0, 0.1) is 5.41 Å². The van der Waals surface area contributed by atoms with E-state index in [1.54, 1.807) is 0 Å². The molecule has 0 heterocycles. The van der Waals surface area contributed by atoms with E-state index < -0.39 is 0 Å². The lowest BCUT2D eigenvalue weighted by molar-refractivity contribution is -0.107. The lowest BCUT2D eigenvalue weighted by Gasteiger charge is -2.18. The van der Waals surface area contributed by atoms with Gasteiger partial charge in [-0.15, -0.1) is 0 Å². The van der Waals surface area contributed by atoms with Gasteiger partial charge >= 0.3 is 0 Å². The van der Waals surface area contributed by atoms with Gasteiger partial charge in [-0.3, -0.25) is 0 Å². The minimum atomic E-state index is 0.338. The van der Waals surface area contributed by atoms with Gasteiger partial charge in [0.2, 0.25) is 0 Å². The van der Waals surface area contributed by atoms with Crippen molar-refractivity contribution in [2.75, 3.05) is 0 Å². The molecule has 0 aliphatic rings. The number of aryl methyl sites for hydroxylation is 1. The molecule has 0 saturated heterocycles. The summed E-state index contributed by atoms with van der Waals surface area (Å²) in [5.41, 5.74) is 2.96. The second-order valence-corrected chi connectivity index (χ2v) is 5.26. The molecule has 0 aromatic heterocycles. The summed E-state index contributed by atoms with van der Waals surface area (Å²) in [5.74, 6) is 0. The molecule has 0 atom stereocenters. The van der Waals surface area contributed by atoms with Crippen LogP contribution in [0.15, 0.2) is 24.3 Å². The zero-order valence-corrected chi connectivity index (χ0v) is 9.92. The quantitative estimate of drug-likeness (QED) is 0.687. The van der Waals surface area contributed by atoms with E-state index in [0.717, 1.165) is 19.1 Å². The van der Waals surface area contributed by atoms with Crippen molar-refractivity contribution in [2.24, 2.45) is 5.41 Å². The topological polar surface area (TPSA) is 17.1 Å². The number of rotatable bonds is 4. The van der Waals surface area contributed by atoms with Gasteiger partial charge in [0.05, 0.1) is 0 Å². The van der Waals surface area contributed by atoms with Gasteiger partial charge in [-0.2, -0.15) is 0 Å². The first-order chi connectivity index (χ1) is 7.01. The first kappa shape index (κ1) is 12.0. The average molecular weight is 204 g/mol. The van der Waals surface area contributed by atoms with Crippen LogP contribution in [-0.4, -0.2) is 6.29 Å². The van der Waals surface area contributed by atoms with Crippen LogP contribution in [0.4, 0.5) is 0 Å². The third kappa shape index (κ3) is 4.78. The van der Waals surface area contributed by atoms with Gasteiger partial charge in [-0.05, 0) is 29.4 Å². The smallest absolute Gasteiger partial charge is 0.120 e. The van der Waals surface area contributed by atoms with Crippen LogP contribution in [0.2, 0.25) is 0 Å². The highest BCUT2D eigenvalue weighted by molar-refractivity contribution is 5.50. The van der Waals surface area contributed by atoms with E-state index in [1.165, 1.54) is 11.1 Å². The maximum atomic E-state index is 10.2. The summed E-state index contributed by atoms with van der Waals surface area (Å²) < 4.78 is 0. The van der Waals surface area contributed by atoms with Crippen LogP contribution >= 0.6 is 0 Å². The molecule has 1 heteroatoms. The molecule has 1 aromatic carbocycles. The number of benzene rings is 1. The molecular formula is C14H20O. The van der Waals surface area contributed by atoms with Crippen LogP contribution in [0.1, 0.15) is 38.3 Å². The summed E-state index contributed by atoms with van der Waals surface area (Å²) in [5, 5.41) is 0. The molecule has 15 heavy (non-hydrogen) atoms. The van der Waals surface area contributed by atoms with E-state index in [4.69, 9.17) is 0 Å². The largest absolute Gasteiger partial charge is 0.303 e. The van der Waals surface area contributed by atoms with Gasteiger partial charge in [0.15, 0.2) is 0 Å². The second kappa shape index (κ2) is 5.11. The van der Waals surface area contributed by atoms with Crippen molar-refractivity contribution in [3.8, 4) is 0 Å². The minimum absolute atomic E-state index is 0.338. The summed E-state index contributed by atoms with van der Waals surface area (Å²) in [4.78, 5) is 10.2. The monoisotopic (exact) mass is 204 g/mol. The SMILES string of the molecule is CC(C)(C)Cc1ccc(CCC=O)cc1. The van der Waals surface area contributed by atoms with E-state index in [9.17, 15) is 4.79 Å². The maximum Gasteiger partial charge on any atom is 0.120 e. The van der Waals surface area contributed by atoms with Crippen LogP contribution in [0.25, 0.3) is 0 Å². The Morgan fingerprint density at radius 1 is 1.07 bits per heavy atom. The normalized spacial score (nSPS) is 11.4. The molecule has 0 aliphatic carbocycles. The summed E-state index contributed by atoms with van der Waals surface area (Å²) in [6.45, 7) is 6.73. The Balaban J connectivity index is 2.60. The summed E-state index contributed by atoms with van der Waals surface area (Å²) >= 11 is 0. The lowest BCUT2D eigenvalue weighted by atomic mass is 9.88. The Bertz CT molecular complexity index is 303. The van der Waals surface area contributed by atoms with Crippen molar-refractivity contribution in [3.05, 3.63) is 35.4 Å². The van der Waals surface area contributed by atoms with Crippen LogP contribution in [0.3, 0.4) is 0 Å². The fourth-order valence-corrected chi connectivity index (χ4v) is 1.66. The highest BCUT2D eigenvalue weighted by atomic mass is 16.1. The summed E-state index contributed by atoms with van der Waals surface area (Å²) in [7, 11) is 0. The highest BCUT2D eigenvalue weighted by Crippen LogP contribution is 2.20. The van der Waals surface area contributed by atoms with Gasteiger partial charge in [-0.1, -0.05) is 45.0 Å². The number of hydrogen-bond acceptors (Lipinski definition) is 1. The molecule has 0 fully saturated rings. The lowest BCUT2D eigenvalue weighted by Crippen LogP contribution is -2.08. The molecule has 82 valence electrons. The first-order valence-corrected chi connectivity index (χ1v) is 5.53. The van der Waals surface area contributed by atoms with Crippen LogP contribution in [-0.2, 0) is 17.6 Å². The molecule has 0 bridgehead atoms. The minimum Gasteiger partial charge on any atom is -0.303 e. The van der Waals surface area contributed by atoms with Crippen molar-refractivity contribution in [1.29, 1.82) is 0 Å². The Hall–Kier alpha value is -1.11. The average Bonchev–Trinajstić information content (AvgIpc) is 2.14. The fraction of sp³-hybridized carbons (Fsp3) is 0.500. The van der Waals surface area contributed by atoms with Gasteiger partial charge in [0.25, 0.3) is 0 Å². The molecule has 1 aromatic rings. The van der Waals surface area contributed by atoms with E-state index in [-0.39, 0.29) is 0 Å². The highest BCUT2D eigenvalue weighted by Gasteiger charge is 2.10. The molecule has 0 spiro atoms. The Morgan fingerprint density at radius 2 is 1.60 bits per heavy atom. The van der Waals surface area contributed by atoms with Gasteiger partial charge in [0, 0.05) is 6.42 Å². The van der Waals surface area contributed by atoms with Gasteiger partial charge < -0.3 is 4.79 Å². The van der Waals surface area contributed by atoms with Crippen molar-refractivity contribution >= 4 is 6.29 Å². The number of carbonyl (C=O) groups is 1. The Labute approximate surface area is 92.5 Å². The predicted molar refractivity (Wildman–Crippen MR) is 64.0 cm³/mol. The Morgan fingerprint density at radius 3 is 2.07 bits per heavy atom. The van der Waals surface area contributed by atoms with Crippen molar-refractivity contribution in [1.82, 2.24) is 0 Å². The third-order valence-corrected chi connectivity index (χ3v) is 2.31. The van der Waals surface area contributed by atoms with Gasteiger partial charge in [-0.25, -0.2) is 0 Å². The van der Waals surface area contributed by atoms with Crippen LogP contribution in [0.5, 0.6) is 0 Å². The van der Waals surface area contributed by atoms with Crippen molar-refractivity contribution < 1.29 is 4.79 Å².